The molecular weight excluding hydrogens is 262 g/mol. The van der Waals surface area contributed by atoms with Crippen LogP contribution >= 0.6 is 11.3 Å². The Morgan fingerprint density at radius 3 is 3.05 bits per heavy atom. The molecule has 2 heterocycles. The number of ether oxygens (including phenoxy) is 1. The zero-order valence-corrected chi connectivity index (χ0v) is 11.9. The minimum Gasteiger partial charge on any atom is -0.480 e. The van der Waals surface area contributed by atoms with Gasteiger partial charge < -0.3 is 9.84 Å². The molecule has 1 aromatic rings. The van der Waals surface area contributed by atoms with Crippen LogP contribution < -0.4 is 0 Å². The van der Waals surface area contributed by atoms with Gasteiger partial charge in [0.2, 0.25) is 0 Å². The lowest BCUT2D eigenvalue weighted by atomic mass is 9.84. The molecule has 0 radical (unpaired) electrons. The first-order valence-electron chi connectivity index (χ1n) is 6.87. The van der Waals surface area contributed by atoms with Crippen LogP contribution in [0.2, 0.25) is 0 Å². The normalized spacial score (nSPS) is 30.7. The summed E-state index contributed by atoms with van der Waals surface area (Å²) in [5.74, 6) is -0.723. The van der Waals surface area contributed by atoms with Crippen molar-refractivity contribution in [3.8, 4) is 0 Å². The lowest BCUT2D eigenvalue weighted by molar-refractivity contribution is -0.148. The summed E-state index contributed by atoms with van der Waals surface area (Å²) >= 11 is 1.68. The van der Waals surface area contributed by atoms with E-state index in [-0.39, 0.29) is 0 Å². The third-order valence-electron chi connectivity index (χ3n) is 4.18. The lowest BCUT2D eigenvalue weighted by Crippen LogP contribution is -2.53. The molecule has 3 rings (SSSR count). The van der Waals surface area contributed by atoms with E-state index in [1.165, 1.54) is 4.88 Å². The van der Waals surface area contributed by atoms with Crippen molar-refractivity contribution in [3.05, 3.63) is 21.9 Å². The molecule has 1 aliphatic heterocycles. The van der Waals surface area contributed by atoms with E-state index in [9.17, 15) is 9.90 Å². The van der Waals surface area contributed by atoms with Gasteiger partial charge in [0, 0.05) is 24.1 Å². The largest absolute Gasteiger partial charge is 0.480 e. The summed E-state index contributed by atoms with van der Waals surface area (Å²) in [6, 6.07) is 1.89. The van der Waals surface area contributed by atoms with E-state index in [0.29, 0.717) is 12.1 Å². The third-order valence-corrected chi connectivity index (χ3v) is 5.17. The summed E-state index contributed by atoms with van der Waals surface area (Å²) in [7, 11) is 0. The number of nitrogens with zero attached hydrogens (tertiary/aromatic N) is 1. The van der Waals surface area contributed by atoms with E-state index in [1.54, 1.807) is 11.3 Å². The van der Waals surface area contributed by atoms with Crippen molar-refractivity contribution in [2.75, 3.05) is 13.2 Å². The van der Waals surface area contributed by atoms with Crippen molar-refractivity contribution in [2.24, 2.45) is 0 Å². The second kappa shape index (κ2) is 5.23. The highest BCUT2D eigenvalue weighted by Crippen LogP contribution is 2.39. The molecule has 5 heteroatoms. The van der Waals surface area contributed by atoms with Gasteiger partial charge in [0.05, 0.1) is 6.10 Å². The van der Waals surface area contributed by atoms with Crippen LogP contribution in [0.1, 0.15) is 36.2 Å². The zero-order valence-electron chi connectivity index (χ0n) is 11.0. The molecule has 1 aliphatic carbocycles. The Hall–Kier alpha value is -0.910. The van der Waals surface area contributed by atoms with Gasteiger partial charge in [0.1, 0.15) is 6.04 Å². The van der Waals surface area contributed by atoms with E-state index in [0.717, 1.165) is 38.0 Å². The number of thiophene rings is 1. The molecule has 0 bridgehead atoms. The Balaban J connectivity index is 1.74. The number of carboxylic acids is 1. The second-order valence-corrected chi connectivity index (χ2v) is 6.23. The van der Waals surface area contributed by atoms with Gasteiger partial charge in [0.15, 0.2) is 0 Å². The van der Waals surface area contributed by atoms with E-state index in [2.05, 4.69) is 4.90 Å². The average molecular weight is 281 g/mol. The molecule has 19 heavy (non-hydrogen) atoms. The third kappa shape index (κ3) is 2.30. The molecule has 1 fully saturated rings. The number of hydrogen-bond donors (Lipinski definition) is 1. The fourth-order valence-electron chi connectivity index (χ4n) is 3.18. The van der Waals surface area contributed by atoms with Crippen molar-refractivity contribution in [2.45, 2.75) is 44.4 Å². The number of aliphatic carboxylic acids is 1. The summed E-state index contributed by atoms with van der Waals surface area (Å²) in [4.78, 5) is 15.0. The molecule has 0 saturated heterocycles. The molecule has 0 aromatic carbocycles. The molecular formula is C14H19NO3S. The van der Waals surface area contributed by atoms with Crippen LogP contribution in [0.5, 0.6) is 0 Å². The number of carbonyl (C=O) groups is 1. The Labute approximate surface area is 117 Å². The van der Waals surface area contributed by atoms with E-state index >= 15 is 0 Å². The van der Waals surface area contributed by atoms with Crippen molar-refractivity contribution >= 4 is 17.3 Å². The van der Waals surface area contributed by atoms with Gasteiger partial charge in [0.25, 0.3) is 0 Å². The monoisotopic (exact) mass is 281 g/mol. The molecule has 1 unspecified atom stereocenters. The van der Waals surface area contributed by atoms with Crippen LogP contribution in [-0.4, -0.2) is 41.3 Å². The second-order valence-electron chi connectivity index (χ2n) is 5.23. The van der Waals surface area contributed by atoms with E-state index in [1.807, 2.05) is 18.4 Å². The minimum atomic E-state index is -0.723. The standard InChI is InChI=1S/C14H19NO3S/c1-2-18-10-7-9(8-10)15-5-3-12-11(4-6-19-12)13(15)14(16)17/h4,6,9-10,13H,2-3,5,7-8H2,1H3,(H,16,17). The number of rotatable bonds is 4. The Morgan fingerprint density at radius 1 is 1.58 bits per heavy atom. The molecule has 0 amide bonds. The average Bonchev–Trinajstić information content (AvgIpc) is 2.79. The van der Waals surface area contributed by atoms with Gasteiger partial charge in [-0.15, -0.1) is 11.3 Å². The molecule has 4 nitrogen and oxygen atoms in total. The van der Waals surface area contributed by atoms with Crippen molar-refractivity contribution in [1.29, 1.82) is 0 Å². The topological polar surface area (TPSA) is 49.8 Å². The molecule has 1 saturated carbocycles. The lowest BCUT2D eigenvalue weighted by Gasteiger charge is -2.46. The number of hydrogen-bond acceptors (Lipinski definition) is 4. The van der Waals surface area contributed by atoms with Gasteiger partial charge in [-0.05, 0) is 43.2 Å². The fraction of sp³-hybridized carbons (Fsp3) is 0.643. The quantitative estimate of drug-likeness (QED) is 0.920. The van der Waals surface area contributed by atoms with Gasteiger partial charge in [-0.25, -0.2) is 0 Å². The van der Waals surface area contributed by atoms with Crippen LogP contribution in [0.25, 0.3) is 0 Å². The SMILES string of the molecule is CCOC1CC(N2CCc3sccc3C2C(=O)O)C1. The number of carboxylic acid groups (broad SMARTS) is 1. The number of fused-ring (bicyclic) bond motifs is 1. The Morgan fingerprint density at radius 2 is 2.37 bits per heavy atom. The Bertz CT molecular complexity index is 467. The summed E-state index contributed by atoms with van der Waals surface area (Å²) < 4.78 is 5.58. The summed E-state index contributed by atoms with van der Waals surface area (Å²) in [5.41, 5.74) is 1.00. The first kappa shape index (κ1) is 13.1. The van der Waals surface area contributed by atoms with E-state index < -0.39 is 12.0 Å². The highest BCUT2D eigenvalue weighted by atomic mass is 32.1. The zero-order chi connectivity index (χ0) is 13.4. The van der Waals surface area contributed by atoms with Crippen molar-refractivity contribution in [1.82, 2.24) is 4.90 Å². The maximum Gasteiger partial charge on any atom is 0.325 e. The molecule has 1 aromatic heterocycles. The van der Waals surface area contributed by atoms with Crippen molar-refractivity contribution < 1.29 is 14.6 Å². The van der Waals surface area contributed by atoms with Gasteiger partial charge in [-0.1, -0.05) is 0 Å². The smallest absolute Gasteiger partial charge is 0.325 e. The predicted molar refractivity (Wildman–Crippen MR) is 73.5 cm³/mol. The van der Waals surface area contributed by atoms with Crippen LogP contribution in [0.15, 0.2) is 11.4 Å². The van der Waals surface area contributed by atoms with Gasteiger partial charge >= 0.3 is 5.97 Å². The molecule has 0 spiro atoms. The van der Waals surface area contributed by atoms with Gasteiger partial charge in [-0.3, -0.25) is 9.69 Å². The first-order chi connectivity index (χ1) is 9.20. The molecule has 104 valence electrons. The van der Waals surface area contributed by atoms with Crippen LogP contribution in [0.3, 0.4) is 0 Å². The van der Waals surface area contributed by atoms with Crippen LogP contribution in [-0.2, 0) is 16.0 Å². The first-order valence-corrected chi connectivity index (χ1v) is 7.75. The van der Waals surface area contributed by atoms with E-state index in [4.69, 9.17) is 4.74 Å². The summed E-state index contributed by atoms with van der Waals surface area (Å²) in [6.07, 6.45) is 3.24. The fourth-order valence-corrected chi connectivity index (χ4v) is 4.09. The minimum absolute atomic E-state index is 0.327. The summed E-state index contributed by atoms with van der Waals surface area (Å²) in [6.45, 7) is 3.61. The van der Waals surface area contributed by atoms with Gasteiger partial charge in [-0.2, -0.15) is 0 Å². The Kier molecular flexibility index (Phi) is 3.60. The molecule has 1 N–H and O–H groups in total. The van der Waals surface area contributed by atoms with Crippen LogP contribution in [0.4, 0.5) is 0 Å². The van der Waals surface area contributed by atoms with Crippen LogP contribution in [0, 0.1) is 0 Å². The molecule has 1 atom stereocenters. The highest BCUT2D eigenvalue weighted by Gasteiger charge is 2.42. The predicted octanol–water partition coefficient (Wildman–Crippen LogP) is 2.30. The molecule has 2 aliphatic rings. The summed E-state index contributed by atoms with van der Waals surface area (Å²) in [5, 5.41) is 11.6. The van der Waals surface area contributed by atoms with Crippen molar-refractivity contribution in [3.63, 3.8) is 0 Å². The maximum atomic E-state index is 11.6. The maximum absolute atomic E-state index is 11.6. The highest BCUT2D eigenvalue weighted by molar-refractivity contribution is 7.10.